The highest BCUT2D eigenvalue weighted by Crippen LogP contribution is 2.09. The number of quaternary nitrogens is 3. The van der Waals surface area contributed by atoms with E-state index < -0.39 is 0 Å². The molecule has 0 amide bonds. The van der Waals surface area contributed by atoms with E-state index in [0.717, 1.165) is 6.54 Å². The van der Waals surface area contributed by atoms with Crippen LogP contribution in [0, 0.1) is 0 Å². The van der Waals surface area contributed by atoms with Gasteiger partial charge in [-0.3, -0.25) is 4.48 Å². The van der Waals surface area contributed by atoms with Gasteiger partial charge in [0.15, 0.2) is 0 Å². The summed E-state index contributed by atoms with van der Waals surface area (Å²) >= 11 is 0. The lowest BCUT2D eigenvalue weighted by Gasteiger charge is -2.36. The Balaban J connectivity index is -0.00000420. The molecule has 0 aromatic rings. The van der Waals surface area contributed by atoms with Gasteiger partial charge in [0, 0.05) is 6.08 Å². The molecule has 0 heterocycles. The van der Waals surface area contributed by atoms with Crippen LogP contribution in [-0.4, -0.2) is 157 Å². The fourth-order valence-electron chi connectivity index (χ4n) is 3.75. The minimum atomic E-state index is 0. The van der Waals surface area contributed by atoms with Crippen molar-refractivity contribution in [2.24, 2.45) is 0 Å². The molecule has 0 atom stereocenters. The topological polar surface area (TPSA) is 121 Å². The third-order valence-corrected chi connectivity index (χ3v) is 5.68. The quantitative estimate of drug-likeness (QED) is 0.0764. The molecule has 0 aromatic heterocycles. The number of rotatable bonds is 19. The molecule has 194 valence electrons. The average Bonchev–Trinajstić information content (AvgIpc) is 2.66. The average molecular weight is 508 g/mol. The summed E-state index contributed by atoms with van der Waals surface area (Å²) in [6.07, 6.45) is 8.22. The Morgan fingerprint density at radius 1 is 0.469 bits per heavy atom. The van der Waals surface area contributed by atoms with E-state index in [1.165, 1.54) is 0 Å². The molecule has 0 saturated heterocycles. The van der Waals surface area contributed by atoms with Crippen LogP contribution >= 0.6 is 0 Å². The molecule has 0 radical (unpaired) electrons. The molecular weight excluding hydrogens is 461 g/mol. The molecule has 6 N–H and O–H groups in total. The summed E-state index contributed by atoms with van der Waals surface area (Å²) < 4.78 is 1.50. The van der Waals surface area contributed by atoms with Crippen LogP contribution in [0.15, 0.2) is 24.4 Å². The van der Waals surface area contributed by atoms with Gasteiger partial charge in [-0.05, 0) is 12.2 Å². The van der Waals surface area contributed by atoms with E-state index in [9.17, 15) is 30.6 Å². The first-order valence-corrected chi connectivity index (χ1v) is 10.8. The summed E-state index contributed by atoms with van der Waals surface area (Å²) in [5.74, 6) is 0. The van der Waals surface area contributed by atoms with Gasteiger partial charge in [-0.2, -0.15) is 0 Å². The Kier molecular flexibility index (Phi) is 22.8. The Bertz CT molecular complexity index is 462. The molecule has 0 aliphatic carbocycles. The lowest BCUT2D eigenvalue weighted by Crippen LogP contribution is -3.00. The Hall–Kier alpha value is -0.300. The maximum Gasteiger partial charge on any atom is 0.103 e. The van der Waals surface area contributed by atoms with Crippen molar-refractivity contribution in [3.05, 3.63) is 24.4 Å². The van der Waals surface area contributed by atoms with Gasteiger partial charge in [-0.15, -0.1) is 0 Å². The second-order valence-electron chi connectivity index (χ2n) is 8.55. The number of halogens is 2. The maximum absolute atomic E-state index is 9.37. The second-order valence-corrected chi connectivity index (χ2v) is 8.55. The summed E-state index contributed by atoms with van der Waals surface area (Å²) in [6, 6.07) is 0. The van der Waals surface area contributed by atoms with Crippen LogP contribution in [0.2, 0.25) is 0 Å². The van der Waals surface area contributed by atoms with Gasteiger partial charge in [-0.25, -0.2) is 0 Å². The van der Waals surface area contributed by atoms with Crippen LogP contribution in [0.5, 0.6) is 0 Å². The van der Waals surface area contributed by atoms with E-state index in [1.54, 1.807) is 0 Å². The van der Waals surface area contributed by atoms with E-state index in [4.69, 9.17) is 0 Å². The molecule has 0 aliphatic heterocycles. The number of hydrogen-bond donors (Lipinski definition) is 6. The van der Waals surface area contributed by atoms with Crippen molar-refractivity contribution in [2.45, 2.75) is 0 Å². The van der Waals surface area contributed by atoms with E-state index in [2.05, 4.69) is 26.4 Å². The molecule has 0 bridgehead atoms. The summed E-state index contributed by atoms with van der Waals surface area (Å²) in [5, 5.41) is 56.2. The van der Waals surface area contributed by atoms with Crippen molar-refractivity contribution in [3.63, 3.8) is 0 Å². The minimum absolute atomic E-state index is 0. The van der Waals surface area contributed by atoms with E-state index in [0.29, 0.717) is 65.8 Å². The van der Waals surface area contributed by atoms with Gasteiger partial charge in [0.05, 0.1) is 66.5 Å². The molecule has 11 heteroatoms. The predicted octanol–water partition coefficient (Wildman–Crippen LogP) is -8.27. The molecule has 0 rings (SSSR count). The second kappa shape index (κ2) is 20.1. The zero-order chi connectivity index (χ0) is 22.9. The van der Waals surface area contributed by atoms with Crippen molar-refractivity contribution >= 4 is 0 Å². The highest BCUT2D eigenvalue weighted by Gasteiger charge is 2.26. The molecule has 0 aliphatic rings. The van der Waals surface area contributed by atoms with Crippen LogP contribution < -0.4 is 24.8 Å². The zero-order valence-electron chi connectivity index (χ0n) is 19.7. The van der Waals surface area contributed by atoms with E-state index in [1.807, 2.05) is 12.2 Å². The Morgan fingerprint density at radius 2 is 0.750 bits per heavy atom. The van der Waals surface area contributed by atoms with Crippen LogP contribution in [-0.2, 0) is 0 Å². The van der Waals surface area contributed by atoms with Crippen LogP contribution in [0.1, 0.15) is 0 Å². The monoisotopic (exact) mass is 506 g/mol. The van der Waals surface area contributed by atoms with Crippen LogP contribution in [0.4, 0.5) is 0 Å². The highest BCUT2D eigenvalue weighted by molar-refractivity contribution is 4.84. The van der Waals surface area contributed by atoms with Crippen molar-refractivity contribution in [3.8, 4) is 0 Å². The van der Waals surface area contributed by atoms with Crippen LogP contribution in [0.3, 0.4) is 0 Å². The standard InChI is InChI=1S/C21H46N3O6.2ClH/c1-22(2,7-5-9-24(13-19-28,14-20-29)15-21-30)6-3-4-8-23(10-16-25,11-17-26)12-18-27;;/h3-5,7,25-30H,6,8-21H2,1-2H3;2*1H/q+3;;/p-2. The maximum atomic E-state index is 9.37. The first kappa shape index (κ1) is 36.3. The van der Waals surface area contributed by atoms with Crippen molar-refractivity contribution in [1.29, 1.82) is 0 Å². The minimum Gasteiger partial charge on any atom is -1.00 e. The SMILES string of the molecule is C[N+](C)(C=CC[N+](CCO)(CCO)CCO)CC=CC[N+](CCO)(CCO)CCO.[Cl-].[Cl-]. The first-order chi connectivity index (χ1) is 14.3. The van der Waals surface area contributed by atoms with Crippen molar-refractivity contribution in [1.82, 2.24) is 0 Å². The van der Waals surface area contributed by atoms with Gasteiger partial charge in [-0.1, -0.05) is 0 Å². The summed E-state index contributed by atoms with van der Waals surface area (Å²) in [7, 11) is 4.13. The molecule has 0 unspecified atom stereocenters. The number of aliphatic hydroxyl groups excluding tert-OH is 6. The predicted molar refractivity (Wildman–Crippen MR) is 117 cm³/mol. The molecule has 0 aromatic carbocycles. The molecule has 0 fully saturated rings. The van der Waals surface area contributed by atoms with Gasteiger partial charge < -0.3 is 64.4 Å². The van der Waals surface area contributed by atoms with Crippen molar-refractivity contribution < 1.29 is 68.9 Å². The zero-order valence-corrected chi connectivity index (χ0v) is 21.2. The third-order valence-electron chi connectivity index (χ3n) is 5.68. The molecule has 0 spiro atoms. The molecule has 0 saturated carbocycles. The number of aliphatic hydroxyl groups is 6. The van der Waals surface area contributed by atoms with Gasteiger partial charge in [0.25, 0.3) is 0 Å². The molecular formula is C21H46Cl2N3O6+. The number of likely N-dealkylation sites (N-methyl/N-ethyl adjacent to an activating group) is 1. The largest absolute Gasteiger partial charge is 1.00 e. The number of nitrogens with zero attached hydrogens (tertiary/aromatic N) is 3. The lowest BCUT2D eigenvalue weighted by molar-refractivity contribution is -0.924. The van der Waals surface area contributed by atoms with Crippen molar-refractivity contribution in [2.75, 3.05) is 113 Å². The van der Waals surface area contributed by atoms with Gasteiger partial charge in [0.2, 0.25) is 0 Å². The van der Waals surface area contributed by atoms with Gasteiger partial charge >= 0.3 is 0 Å². The normalized spacial score (nSPS) is 12.9. The number of hydrogen-bond acceptors (Lipinski definition) is 6. The fourth-order valence-corrected chi connectivity index (χ4v) is 3.75. The molecule has 9 nitrogen and oxygen atoms in total. The van der Waals surface area contributed by atoms with E-state index >= 15 is 0 Å². The summed E-state index contributed by atoms with van der Waals surface area (Å²) in [6.45, 7) is 4.96. The fraction of sp³-hybridized carbons (Fsp3) is 0.810. The summed E-state index contributed by atoms with van der Waals surface area (Å²) in [4.78, 5) is 0. The Labute approximate surface area is 206 Å². The lowest BCUT2D eigenvalue weighted by atomic mass is 10.3. The molecule has 32 heavy (non-hydrogen) atoms. The first-order valence-electron chi connectivity index (χ1n) is 10.8. The van der Waals surface area contributed by atoms with Crippen LogP contribution in [0.25, 0.3) is 0 Å². The third kappa shape index (κ3) is 14.8. The smallest absolute Gasteiger partial charge is 0.103 e. The Morgan fingerprint density at radius 3 is 1.06 bits per heavy atom. The van der Waals surface area contributed by atoms with E-state index in [-0.39, 0.29) is 64.5 Å². The van der Waals surface area contributed by atoms with Gasteiger partial charge in [0.1, 0.15) is 52.4 Å². The summed E-state index contributed by atoms with van der Waals surface area (Å²) in [5.41, 5.74) is 0. The highest BCUT2D eigenvalue weighted by atomic mass is 35.5.